The predicted molar refractivity (Wildman–Crippen MR) is 192 cm³/mol. The summed E-state index contributed by atoms with van der Waals surface area (Å²) >= 11 is 1.66. The molecule has 3 amide bonds. The number of rotatable bonds is 17. The van der Waals surface area contributed by atoms with Crippen molar-refractivity contribution in [2.75, 3.05) is 57.9 Å². The molecule has 11 nitrogen and oxygen atoms in total. The van der Waals surface area contributed by atoms with Gasteiger partial charge >= 0.3 is 0 Å². The van der Waals surface area contributed by atoms with Gasteiger partial charge in [-0.3, -0.25) is 19.3 Å². The van der Waals surface area contributed by atoms with E-state index in [-0.39, 0.29) is 23.1 Å². The largest absolute Gasteiger partial charge is 0.497 e. The van der Waals surface area contributed by atoms with Crippen LogP contribution in [-0.2, 0) is 9.53 Å². The number of halogens is 1. The van der Waals surface area contributed by atoms with E-state index in [1.165, 1.54) is 6.07 Å². The third-order valence-corrected chi connectivity index (χ3v) is 10.5. The lowest BCUT2D eigenvalue weighted by Gasteiger charge is -2.40. The molecule has 4 N–H and O–H groups in total. The fourth-order valence-corrected chi connectivity index (χ4v) is 7.72. The number of aromatic nitrogens is 1. The number of methoxy groups -OCH3 is 1. The summed E-state index contributed by atoms with van der Waals surface area (Å²) in [5.41, 5.74) is 14.8. The van der Waals surface area contributed by atoms with Gasteiger partial charge in [0.05, 0.1) is 34.6 Å². The van der Waals surface area contributed by atoms with Gasteiger partial charge in [0.2, 0.25) is 5.91 Å². The first kappa shape index (κ1) is 35.4. The highest BCUT2D eigenvalue weighted by molar-refractivity contribution is 7.21. The number of amides is 3. The zero-order chi connectivity index (χ0) is 35.4. The lowest BCUT2D eigenvalue weighted by atomic mass is 9.94. The van der Waals surface area contributed by atoms with E-state index in [9.17, 15) is 18.8 Å². The van der Waals surface area contributed by atoms with Crippen LogP contribution in [0.3, 0.4) is 0 Å². The minimum atomic E-state index is -1.12. The van der Waals surface area contributed by atoms with Gasteiger partial charge in [-0.2, -0.15) is 0 Å². The molecule has 2 aliphatic rings. The summed E-state index contributed by atoms with van der Waals surface area (Å²) in [5, 5.41) is 0.984. The number of nitrogens with zero attached hydrogens (tertiary/aromatic N) is 4. The van der Waals surface area contributed by atoms with Crippen molar-refractivity contribution in [2.24, 2.45) is 17.4 Å². The molecule has 2 unspecified atom stereocenters. The summed E-state index contributed by atoms with van der Waals surface area (Å²) in [6, 6.07) is 16.7. The van der Waals surface area contributed by atoms with E-state index >= 15 is 0 Å². The van der Waals surface area contributed by atoms with Crippen molar-refractivity contribution in [3.8, 4) is 16.3 Å². The molecule has 0 radical (unpaired) electrons. The van der Waals surface area contributed by atoms with Gasteiger partial charge in [0.15, 0.2) is 0 Å². The molecule has 2 aliphatic heterocycles. The van der Waals surface area contributed by atoms with Gasteiger partial charge in [-0.15, -0.1) is 11.3 Å². The molecular weight excluding hydrogens is 660 g/mol. The second kappa shape index (κ2) is 15.6. The van der Waals surface area contributed by atoms with Crippen LogP contribution >= 0.6 is 11.3 Å². The molecule has 3 heterocycles. The molecule has 6 rings (SSSR count). The quantitative estimate of drug-likeness (QED) is 0.120. The number of nitrogens with two attached hydrogens (primary N) is 2. The van der Waals surface area contributed by atoms with Crippen LogP contribution in [0.25, 0.3) is 20.8 Å². The van der Waals surface area contributed by atoms with Crippen molar-refractivity contribution in [2.45, 2.75) is 38.3 Å². The lowest BCUT2D eigenvalue weighted by Crippen LogP contribution is -2.52. The Labute approximate surface area is 294 Å². The topological polar surface area (TPSA) is 144 Å². The Bertz CT molecular complexity index is 1850. The van der Waals surface area contributed by atoms with Crippen LogP contribution in [0, 0.1) is 11.7 Å². The van der Waals surface area contributed by atoms with Crippen molar-refractivity contribution in [1.82, 2.24) is 14.8 Å². The number of hydrogen-bond acceptors (Lipinski definition) is 10. The molecule has 1 saturated heterocycles. The van der Waals surface area contributed by atoms with E-state index in [0.29, 0.717) is 26.0 Å². The Morgan fingerprint density at radius 1 is 1.02 bits per heavy atom. The highest BCUT2D eigenvalue weighted by Gasteiger charge is 2.44. The van der Waals surface area contributed by atoms with E-state index in [4.69, 9.17) is 25.9 Å². The first-order valence-electron chi connectivity index (χ1n) is 17.0. The monoisotopic (exact) mass is 702 g/mol. The molecular formula is C37H43FN6O5S. The number of benzene rings is 3. The van der Waals surface area contributed by atoms with Crippen molar-refractivity contribution >= 4 is 45.0 Å². The SMILES string of the molecule is COc1ccc2nc(-c3ccc(N4CC(OCCCN(CCN)CCCC(C)C(C(N)=O)N5C(=O)c6ccc(F)cc6C5=O)C4)cc3)sc2c1. The maximum Gasteiger partial charge on any atom is 0.262 e. The molecule has 2 atom stereocenters. The van der Waals surface area contributed by atoms with Crippen LogP contribution < -0.4 is 21.1 Å². The molecule has 264 valence electrons. The number of ether oxygens (including phenoxy) is 2. The normalized spacial score (nSPS) is 15.9. The third kappa shape index (κ3) is 7.65. The summed E-state index contributed by atoms with van der Waals surface area (Å²) in [4.78, 5) is 48.7. The van der Waals surface area contributed by atoms with E-state index in [0.717, 1.165) is 88.4 Å². The highest BCUT2D eigenvalue weighted by Crippen LogP contribution is 2.34. The van der Waals surface area contributed by atoms with Crippen LogP contribution in [0.5, 0.6) is 5.75 Å². The van der Waals surface area contributed by atoms with Crippen molar-refractivity contribution in [3.63, 3.8) is 0 Å². The molecule has 0 spiro atoms. The van der Waals surface area contributed by atoms with Gasteiger partial charge in [0.25, 0.3) is 11.8 Å². The Kier molecular flexibility index (Phi) is 11.1. The van der Waals surface area contributed by atoms with Gasteiger partial charge < -0.3 is 30.7 Å². The van der Waals surface area contributed by atoms with E-state index in [2.05, 4.69) is 34.1 Å². The van der Waals surface area contributed by atoms with Gasteiger partial charge in [0, 0.05) is 50.6 Å². The molecule has 4 aromatic rings. The van der Waals surface area contributed by atoms with Gasteiger partial charge in [-0.1, -0.05) is 6.92 Å². The summed E-state index contributed by atoms with van der Waals surface area (Å²) in [5.74, 6) is -2.25. The molecule has 0 bridgehead atoms. The van der Waals surface area contributed by atoms with E-state index in [1.807, 2.05) is 18.2 Å². The van der Waals surface area contributed by atoms with E-state index in [1.54, 1.807) is 25.4 Å². The van der Waals surface area contributed by atoms with Gasteiger partial charge in [0.1, 0.15) is 22.6 Å². The van der Waals surface area contributed by atoms with Gasteiger partial charge in [-0.25, -0.2) is 9.37 Å². The first-order chi connectivity index (χ1) is 24.2. The summed E-state index contributed by atoms with van der Waals surface area (Å²) in [6.07, 6.45) is 2.31. The van der Waals surface area contributed by atoms with Crippen LogP contribution in [0.1, 0.15) is 46.9 Å². The maximum atomic E-state index is 13.8. The summed E-state index contributed by atoms with van der Waals surface area (Å²) in [7, 11) is 1.67. The third-order valence-electron chi connectivity index (χ3n) is 9.46. The maximum absolute atomic E-state index is 13.8. The first-order valence-corrected chi connectivity index (χ1v) is 17.8. The summed E-state index contributed by atoms with van der Waals surface area (Å²) < 4.78 is 26.4. The van der Waals surface area contributed by atoms with Crippen molar-refractivity contribution < 1.29 is 28.2 Å². The lowest BCUT2D eigenvalue weighted by molar-refractivity contribution is -0.123. The minimum absolute atomic E-state index is 0.0447. The Morgan fingerprint density at radius 2 is 1.76 bits per heavy atom. The standard InChI is InChI=1S/C37H43FN6O5S/c1-23(33(34(40)45)44-36(46)29-12-8-25(38)19-30(29)37(44)47)5-3-15-42(17-14-39)16-4-18-49-28-21-43(22-28)26-9-6-24(7-10-26)35-41-31-13-11-27(48-2)20-32(31)50-35/h6-13,19-20,23,28,33H,3-5,14-18,21-22,39H2,1-2H3,(H2,40,45). The Balaban J connectivity index is 0.913. The number of imide groups is 1. The fraction of sp³-hybridized carbons (Fsp3) is 0.405. The Hall–Kier alpha value is -4.43. The van der Waals surface area contributed by atoms with Crippen LogP contribution in [0.15, 0.2) is 60.7 Å². The van der Waals surface area contributed by atoms with Crippen LogP contribution in [0.2, 0.25) is 0 Å². The molecule has 50 heavy (non-hydrogen) atoms. The zero-order valence-electron chi connectivity index (χ0n) is 28.3. The summed E-state index contributed by atoms with van der Waals surface area (Å²) in [6.45, 7) is 6.90. The fourth-order valence-electron chi connectivity index (χ4n) is 6.72. The molecule has 1 aromatic heterocycles. The smallest absolute Gasteiger partial charge is 0.262 e. The second-order valence-corrected chi connectivity index (χ2v) is 13.9. The number of anilines is 1. The average molecular weight is 703 g/mol. The molecule has 13 heteroatoms. The number of primary amides is 1. The van der Waals surface area contributed by atoms with Gasteiger partial charge in [-0.05, 0) is 92.4 Å². The minimum Gasteiger partial charge on any atom is -0.497 e. The molecule has 0 saturated carbocycles. The number of thiazole rings is 1. The van der Waals surface area contributed by atoms with Crippen LogP contribution in [-0.4, -0.2) is 97.6 Å². The zero-order valence-corrected chi connectivity index (χ0v) is 29.2. The average Bonchev–Trinajstić information content (AvgIpc) is 3.61. The number of carbonyl (C=O) groups is 3. The predicted octanol–water partition coefficient (Wildman–Crippen LogP) is 4.53. The molecule has 0 aliphatic carbocycles. The van der Waals surface area contributed by atoms with Crippen molar-refractivity contribution in [3.05, 3.63) is 77.6 Å². The molecule has 3 aromatic carbocycles. The second-order valence-electron chi connectivity index (χ2n) is 12.9. The van der Waals surface area contributed by atoms with E-state index < -0.39 is 29.6 Å². The van der Waals surface area contributed by atoms with Crippen LogP contribution in [0.4, 0.5) is 10.1 Å². The molecule has 1 fully saturated rings. The Morgan fingerprint density at radius 3 is 2.48 bits per heavy atom. The number of fused-ring (bicyclic) bond motifs is 2. The number of hydrogen-bond donors (Lipinski definition) is 2. The highest BCUT2D eigenvalue weighted by atomic mass is 32.1. The number of carbonyl (C=O) groups excluding carboxylic acids is 3. The van der Waals surface area contributed by atoms with Crippen molar-refractivity contribution in [1.29, 1.82) is 0 Å².